The fraction of sp³-hybridized carbons (Fsp3) is 0.550. The Balaban J connectivity index is 1.78. The number of benzene rings is 1. The molecule has 0 saturated carbocycles. The summed E-state index contributed by atoms with van der Waals surface area (Å²) in [7, 11) is 3.71. The lowest BCUT2D eigenvalue weighted by molar-refractivity contribution is -0.116. The van der Waals surface area contributed by atoms with Crippen LogP contribution in [0.4, 0.5) is 0 Å². The molecule has 0 unspecified atom stereocenters. The predicted molar refractivity (Wildman–Crippen MR) is 110 cm³/mol. The molecule has 150 valence electrons. The van der Waals surface area contributed by atoms with Gasteiger partial charge in [-0.1, -0.05) is 11.6 Å². The third kappa shape index (κ3) is 7.05. The first-order valence-electron chi connectivity index (χ1n) is 9.40. The maximum Gasteiger partial charge on any atom is 0.243 e. The van der Waals surface area contributed by atoms with Crippen molar-refractivity contribution >= 4 is 23.6 Å². The topological polar surface area (TPSA) is 54.0 Å². The van der Waals surface area contributed by atoms with Crippen LogP contribution in [0.15, 0.2) is 18.2 Å². The van der Waals surface area contributed by atoms with Crippen molar-refractivity contribution < 1.29 is 14.3 Å². The van der Waals surface area contributed by atoms with Gasteiger partial charge in [0.15, 0.2) is 11.5 Å². The zero-order chi connectivity index (χ0) is 19.6. The Bertz CT molecular complexity index is 644. The van der Waals surface area contributed by atoms with Crippen LogP contribution in [0.3, 0.4) is 0 Å². The number of carbonyl (C=O) groups excluding carboxylic acids is 1. The first-order chi connectivity index (χ1) is 13.0. The van der Waals surface area contributed by atoms with Crippen LogP contribution >= 0.6 is 11.6 Å². The minimum atomic E-state index is -0.114. The maximum absolute atomic E-state index is 12.0. The number of methoxy groups -OCH3 is 1. The molecule has 1 amide bonds. The molecule has 1 saturated heterocycles. The number of piperazine rings is 1. The number of ether oxygens (including phenoxy) is 2. The predicted octanol–water partition coefficient (Wildman–Crippen LogP) is 2.51. The van der Waals surface area contributed by atoms with Crippen molar-refractivity contribution in [3.05, 3.63) is 28.8 Å². The molecule has 0 bridgehead atoms. The highest BCUT2D eigenvalue weighted by molar-refractivity contribution is 6.32. The molecule has 0 aromatic heterocycles. The highest BCUT2D eigenvalue weighted by atomic mass is 35.5. The summed E-state index contributed by atoms with van der Waals surface area (Å²) >= 11 is 6.25. The van der Waals surface area contributed by atoms with E-state index in [4.69, 9.17) is 21.1 Å². The van der Waals surface area contributed by atoms with Gasteiger partial charge in [-0.2, -0.15) is 0 Å². The fourth-order valence-electron chi connectivity index (χ4n) is 2.94. The van der Waals surface area contributed by atoms with Gasteiger partial charge in [-0.25, -0.2) is 0 Å². The van der Waals surface area contributed by atoms with Gasteiger partial charge in [-0.3, -0.25) is 4.79 Å². The zero-order valence-electron chi connectivity index (χ0n) is 16.5. The first-order valence-corrected chi connectivity index (χ1v) is 9.78. The summed E-state index contributed by atoms with van der Waals surface area (Å²) in [5, 5.41) is 3.39. The number of hydrogen-bond donors (Lipinski definition) is 1. The molecule has 2 rings (SSSR count). The Morgan fingerprint density at radius 3 is 2.70 bits per heavy atom. The lowest BCUT2D eigenvalue weighted by Gasteiger charge is -2.32. The largest absolute Gasteiger partial charge is 0.493 e. The number of rotatable bonds is 9. The lowest BCUT2D eigenvalue weighted by Crippen LogP contribution is -2.45. The van der Waals surface area contributed by atoms with Crippen LogP contribution in [0, 0.1) is 0 Å². The van der Waals surface area contributed by atoms with E-state index in [9.17, 15) is 4.79 Å². The van der Waals surface area contributed by atoms with Crippen molar-refractivity contribution in [2.45, 2.75) is 13.3 Å². The molecular weight excluding hydrogens is 366 g/mol. The Labute approximate surface area is 167 Å². The van der Waals surface area contributed by atoms with Crippen LogP contribution in [0.25, 0.3) is 6.08 Å². The second-order valence-electron chi connectivity index (χ2n) is 6.59. The minimum Gasteiger partial charge on any atom is -0.493 e. The Morgan fingerprint density at radius 1 is 1.30 bits per heavy atom. The van der Waals surface area contributed by atoms with Gasteiger partial charge in [0.2, 0.25) is 5.91 Å². The third-order valence-corrected chi connectivity index (χ3v) is 4.79. The molecule has 0 radical (unpaired) electrons. The van der Waals surface area contributed by atoms with Crippen LogP contribution in [-0.2, 0) is 4.79 Å². The van der Waals surface area contributed by atoms with Crippen molar-refractivity contribution in [2.75, 3.05) is 60.0 Å². The van der Waals surface area contributed by atoms with Gasteiger partial charge in [0.05, 0.1) is 18.7 Å². The lowest BCUT2D eigenvalue weighted by atomic mass is 10.2. The van der Waals surface area contributed by atoms with E-state index in [0.717, 1.165) is 44.7 Å². The number of nitrogens with zero attached hydrogens (tertiary/aromatic N) is 2. The molecule has 7 heteroatoms. The fourth-order valence-corrected chi connectivity index (χ4v) is 3.21. The van der Waals surface area contributed by atoms with Crippen LogP contribution in [0.2, 0.25) is 5.02 Å². The third-order valence-electron chi connectivity index (χ3n) is 4.51. The summed E-state index contributed by atoms with van der Waals surface area (Å²) in [6.07, 6.45) is 4.19. The highest BCUT2D eigenvalue weighted by Gasteiger charge is 2.13. The molecule has 6 nitrogen and oxygen atoms in total. The van der Waals surface area contributed by atoms with Gasteiger partial charge >= 0.3 is 0 Å². The quantitative estimate of drug-likeness (QED) is 0.514. The molecule has 0 atom stereocenters. The molecule has 1 N–H and O–H groups in total. The van der Waals surface area contributed by atoms with Gasteiger partial charge in [-0.15, -0.1) is 0 Å². The van der Waals surface area contributed by atoms with E-state index in [1.807, 2.05) is 6.92 Å². The highest BCUT2D eigenvalue weighted by Crippen LogP contribution is 2.36. The molecule has 0 spiro atoms. The number of likely N-dealkylation sites (N-methyl/N-ethyl adjacent to an activating group) is 1. The van der Waals surface area contributed by atoms with Crippen LogP contribution < -0.4 is 14.8 Å². The van der Waals surface area contributed by atoms with E-state index in [-0.39, 0.29) is 5.91 Å². The van der Waals surface area contributed by atoms with Gasteiger partial charge in [0.25, 0.3) is 0 Å². The van der Waals surface area contributed by atoms with Crippen LogP contribution in [-0.4, -0.2) is 75.7 Å². The van der Waals surface area contributed by atoms with E-state index in [1.165, 1.54) is 6.08 Å². The molecular formula is C20H30ClN3O3. The molecule has 1 fully saturated rings. The monoisotopic (exact) mass is 395 g/mol. The normalized spacial score (nSPS) is 15.9. The van der Waals surface area contributed by atoms with Crippen molar-refractivity contribution in [1.29, 1.82) is 0 Å². The van der Waals surface area contributed by atoms with Crippen molar-refractivity contribution in [2.24, 2.45) is 0 Å². The SMILES string of the molecule is CCOc1c(Cl)cc(C=CC(=O)NCCCN2CCN(C)CC2)cc1OC. The summed E-state index contributed by atoms with van der Waals surface area (Å²) in [4.78, 5) is 16.8. The maximum atomic E-state index is 12.0. The Morgan fingerprint density at radius 2 is 2.04 bits per heavy atom. The summed E-state index contributed by atoms with van der Waals surface area (Å²) in [5.41, 5.74) is 0.785. The van der Waals surface area contributed by atoms with Gasteiger partial charge in [-0.05, 0) is 50.7 Å². The van der Waals surface area contributed by atoms with E-state index in [2.05, 4.69) is 22.2 Å². The number of carbonyl (C=O) groups is 1. The van der Waals surface area contributed by atoms with Crippen molar-refractivity contribution in [1.82, 2.24) is 15.1 Å². The minimum absolute atomic E-state index is 0.114. The average molecular weight is 396 g/mol. The molecule has 1 heterocycles. The van der Waals surface area contributed by atoms with E-state index in [1.54, 1.807) is 25.3 Å². The molecule has 1 aliphatic heterocycles. The van der Waals surface area contributed by atoms with E-state index >= 15 is 0 Å². The first kappa shape index (κ1) is 21.5. The zero-order valence-corrected chi connectivity index (χ0v) is 17.2. The molecule has 1 aromatic rings. The van der Waals surface area contributed by atoms with Crippen molar-refractivity contribution in [3.8, 4) is 11.5 Å². The number of hydrogen-bond acceptors (Lipinski definition) is 5. The summed E-state index contributed by atoms with van der Waals surface area (Å²) in [6.45, 7) is 8.51. The molecule has 1 aromatic carbocycles. The van der Waals surface area contributed by atoms with Crippen molar-refractivity contribution in [3.63, 3.8) is 0 Å². The average Bonchev–Trinajstić information content (AvgIpc) is 2.66. The molecule has 0 aliphatic carbocycles. The van der Waals surface area contributed by atoms with E-state index < -0.39 is 0 Å². The standard InChI is InChI=1S/C20H30ClN3O3/c1-4-27-20-17(21)14-16(15-18(20)26-3)6-7-19(25)22-8-5-9-24-12-10-23(2)11-13-24/h6-7,14-15H,4-5,8-13H2,1-3H3,(H,22,25). The van der Waals surface area contributed by atoms with E-state index in [0.29, 0.717) is 29.7 Å². The summed E-state index contributed by atoms with van der Waals surface area (Å²) < 4.78 is 10.8. The smallest absolute Gasteiger partial charge is 0.243 e. The number of nitrogens with one attached hydrogen (secondary N) is 1. The number of halogens is 1. The second kappa shape index (κ2) is 11.2. The van der Waals surface area contributed by atoms with Gasteiger partial charge in [0, 0.05) is 38.8 Å². The molecule has 1 aliphatic rings. The Hall–Kier alpha value is -1.76. The van der Waals surface area contributed by atoms with Crippen LogP contribution in [0.1, 0.15) is 18.9 Å². The summed E-state index contributed by atoms with van der Waals surface area (Å²) in [5.74, 6) is 0.959. The number of amides is 1. The Kier molecular flexibility index (Phi) is 8.91. The van der Waals surface area contributed by atoms with Crippen LogP contribution in [0.5, 0.6) is 11.5 Å². The van der Waals surface area contributed by atoms with Gasteiger partial charge in [0.1, 0.15) is 0 Å². The summed E-state index contributed by atoms with van der Waals surface area (Å²) in [6, 6.07) is 3.56. The van der Waals surface area contributed by atoms with Gasteiger partial charge < -0.3 is 24.6 Å². The molecule has 27 heavy (non-hydrogen) atoms. The second-order valence-corrected chi connectivity index (χ2v) is 7.00.